The van der Waals surface area contributed by atoms with Gasteiger partial charge in [-0.25, -0.2) is 9.79 Å². The molecule has 0 aromatic heterocycles. The van der Waals surface area contributed by atoms with Gasteiger partial charge in [-0.2, -0.15) is 0 Å². The van der Waals surface area contributed by atoms with E-state index in [-0.39, 0.29) is 12.1 Å². The number of ether oxygens (including phenoxy) is 2. The van der Waals surface area contributed by atoms with E-state index in [1.54, 1.807) is 12.0 Å². The van der Waals surface area contributed by atoms with Crippen LogP contribution in [0.3, 0.4) is 0 Å². The molecule has 1 fully saturated rings. The molecule has 1 heterocycles. The highest BCUT2D eigenvalue weighted by Crippen LogP contribution is 2.23. The Hall–Kier alpha value is -1.96. The van der Waals surface area contributed by atoms with Crippen LogP contribution in [0.2, 0.25) is 0 Å². The molecule has 144 valence electrons. The number of carbonyl (C=O) groups is 1. The summed E-state index contributed by atoms with van der Waals surface area (Å²) in [6.45, 7) is 4.70. The molecule has 0 bridgehead atoms. The van der Waals surface area contributed by atoms with Crippen LogP contribution in [-0.2, 0) is 11.3 Å². The minimum absolute atomic E-state index is 0.259. The fourth-order valence-corrected chi connectivity index (χ4v) is 3.29. The molecule has 0 spiro atoms. The van der Waals surface area contributed by atoms with Crippen LogP contribution in [0.1, 0.15) is 25.3 Å². The fourth-order valence-electron chi connectivity index (χ4n) is 2.88. The number of nitrogens with zero attached hydrogens (tertiary/aromatic N) is 2. The Kier molecular flexibility index (Phi) is 8.03. The normalized spacial score (nSPS) is 15.5. The number of benzene rings is 1. The van der Waals surface area contributed by atoms with Crippen molar-refractivity contribution in [2.45, 2.75) is 32.4 Å². The molecule has 0 aliphatic carbocycles. The maximum absolute atomic E-state index is 11.6. The van der Waals surface area contributed by atoms with Crippen molar-refractivity contribution in [1.29, 1.82) is 0 Å². The summed E-state index contributed by atoms with van der Waals surface area (Å²) in [5, 5.41) is 6.74. The summed E-state index contributed by atoms with van der Waals surface area (Å²) in [7, 11) is 3.08. The van der Waals surface area contributed by atoms with Crippen molar-refractivity contribution < 1.29 is 14.3 Å². The van der Waals surface area contributed by atoms with Gasteiger partial charge in [-0.05, 0) is 38.0 Å². The highest BCUT2D eigenvalue weighted by Gasteiger charge is 2.23. The molecular formula is C18H27BrN4O3. The van der Waals surface area contributed by atoms with Crippen molar-refractivity contribution >= 4 is 28.0 Å². The van der Waals surface area contributed by atoms with Crippen LogP contribution in [0.25, 0.3) is 0 Å². The number of amides is 1. The number of aliphatic imine (C=N–C) groups is 1. The number of hydrogen-bond donors (Lipinski definition) is 2. The van der Waals surface area contributed by atoms with Gasteiger partial charge in [-0.1, -0.05) is 15.9 Å². The van der Waals surface area contributed by atoms with E-state index in [2.05, 4.69) is 31.6 Å². The Morgan fingerprint density at radius 3 is 2.69 bits per heavy atom. The largest absolute Gasteiger partial charge is 0.496 e. The summed E-state index contributed by atoms with van der Waals surface area (Å²) >= 11 is 3.49. The Morgan fingerprint density at radius 1 is 1.35 bits per heavy atom. The average Bonchev–Trinajstić information content (AvgIpc) is 2.66. The number of guanidine groups is 1. The Balaban J connectivity index is 1.97. The molecule has 0 saturated carbocycles. The maximum atomic E-state index is 11.6. The average molecular weight is 427 g/mol. The third kappa shape index (κ3) is 5.79. The molecule has 1 aliphatic rings. The molecule has 0 radical (unpaired) electrons. The maximum Gasteiger partial charge on any atom is 0.409 e. The third-order valence-electron chi connectivity index (χ3n) is 4.26. The molecule has 7 nitrogen and oxygen atoms in total. The van der Waals surface area contributed by atoms with Crippen LogP contribution in [0, 0.1) is 0 Å². The predicted octanol–water partition coefficient (Wildman–Crippen LogP) is 2.74. The SMILES string of the molecule is CCNC(=NCc1cc(Br)ccc1OC)NC1CCN(C(=O)OC)CC1. The van der Waals surface area contributed by atoms with Gasteiger partial charge in [0.25, 0.3) is 0 Å². The molecule has 26 heavy (non-hydrogen) atoms. The number of rotatable bonds is 5. The number of piperidine rings is 1. The van der Waals surface area contributed by atoms with Gasteiger partial charge >= 0.3 is 6.09 Å². The molecule has 0 atom stereocenters. The van der Waals surface area contributed by atoms with E-state index in [1.165, 1.54) is 7.11 Å². The standard InChI is InChI=1S/C18H27BrN4O3/c1-4-20-17(21-12-13-11-14(19)5-6-16(13)25-2)22-15-7-9-23(10-8-15)18(24)26-3/h5-6,11,15H,4,7-10,12H2,1-3H3,(H2,20,21,22). The van der Waals surface area contributed by atoms with Gasteiger partial charge in [0.2, 0.25) is 0 Å². The molecule has 1 aliphatic heterocycles. The molecule has 1 aromatic rings. The van der Waals surface area contributed by atoms with Crippen LogP contribution in [-0.4, -0.2) is 56.8 Å². The van der Waals surface area contributed by atoms with E-state index in [0.29, 0.717) is 19.6 Å². The summed E-state index contributed by atoms with van der Waals surface area (Å²) in [5.41, 5.74) is 1.01. The zero-order valence-electron chi connectivity index (χ0n) is 15.5. The molecule has 1 amide bonds. The number of halogens is 1. The lowest BCUT2D eigenvalue weighted by atomic mass is 10.1. The number of nitrogens with one attached hydrogen (secondary N) is 2. The zero-order valence-corrected chi connectivity index (χ0v) is 17.1. The topological polar surface area (TPSA) is 75.2 Å². The van der Waals surface area contributed by atoms with Crippen LogP contribution in [0.5, 0.6) is 5.75 Å². The smallest absolute Gasteiger partial charge is 0.409 e. The second kappa shape index (κ2) is 10.3. The summed E-state index contributed by atoms with van der Waals surface area (Å²) in [4.78, 5) is 18.0. The van der Waals surface area contributed by atoms with E-state index in [9.17, 15) is 4.79 Å². The van der Waals surface area contributed by atoms with Gasteiger partial charge in [0.1, 0.15) is 5.75 Å². The van der Waals surface area contributed by atoms with Gasteiger partial charge in [0.15, 0.2) is 5.96 Å². The van der Waals surface area contributed by atoms with Crippen molar-refractivity contribution in [2.24, 2.45) is 4.99 Å². The van der Waals surface area contributed by atoms with Crippen molar-refractivity contribution in [2.75, 3.05) is 33.9 Å². The second-order valence-electron chi connectivity index (χ2n) is 6.03. The lowest BCUT2D eigenvalue weighted by Gasteiger charge is -2.32. The number of carbonyl (C=O) groups excluding carboxylic acids is 1. The summed E-state index contributed by atoms with van der Waals surface area (Å²) in [5.74, 6) is 1.59. The van der Waals surface area contributed by atoms with E-state index in [0.717, 1.165) is 41.1 Å². The number of methoxy groups -OCH3 is 2. The van der Waals surface area contributed by atoms with E-state index in [1.807, 2.05) is 25.1 Å². The highest BCUT2D eigenvalue weighted by atomic mass is 79.9. The number of hydrogen-bond acceptors (Lipinski definition) is 4. The second-order valence-corrected chi connectivity index (χ2v) is 6.94. The zero-order chi connectivity index (χ0) is 18.9. The summed E-state index contributed by atoms with van der Waals surface area (Å²) in [6.07, 6.45) is 1.46. The Labute approximate surface area is 163 Å². The minimum atomic E-state index is -0.259. The van der Waals surface area contributed by atoms with Crippen LogP contribution >= 0.6 is 15.9 Å². The molecule has 2 N–H and O–H groups in total. The molecular weight excluding hydrogens is 400 g/mol. The Morgan fingerprint density at radius 2 is 2.08 bits per heavy atom. The van der Waals surface area contributed by atoms with Crippen molar-refractivity contribution in [3.05, 3.63) is 28.2 Å². The van der Waals surface area contributed by atoms with Gasteiger partial charge in [-0.15, -0.1) is 0 Å². The first kappa shape index (κ1) is 20.4. The predicted molar refractivity (Wildman–Crippen MR) is 106 cm³/mol. The van der Waals surface area contributed by atoms with Gasteiger partial charge in [0, 0.05) is 35.7 Å². The first-order chi connectivity index (χ1) is 12.6. The van der Waals surface area contributed by atoms with E-state index >= 15 is 0 Å². The quantitative estimate of drug-likeness (QED) is 0.559. The Bertz CT molecular complexity index is 631. The first-order valence-electron chi connectivity index (χ1n) is 8.77. The molecule has 1 aromatic carbocycles. The van der Waals surface area contributed by atoms with Crippen molar-refractivity contribution in [1.82, 2.24) is 15.5 Å². The highest BCUT2D eigenvalue weighted by molar-refractivity contribution is 9.10. The van der Waals surface area contributed by atoms with E-state index in [4.69, 9.17) is 9.47 Å². The molecule has 0 unspecified atom stereocenters. The monoisotopic (exact) mass is 426 g/mol. The lowest BCUT2D eigenvalue weighted by Crippen LogP contribution is -2.49. The summed E-state index contributed by atoms with van der Waals surface area (Å²) in [6, 6.07) is 6.17. The molecule has 8 heteroatoms. The van der Waals surface area contributed by atoms with Crippen LogP contribution < -0.4 is 15.4 Å². The van der Waals surface area contributed by atoms with Crippen LogP contribution in [0.15, 0.2) is 27.7 Å². The van der Waals surface area contributed by atoms with Crippen LogP contribution in [0.4, 0.5) is 4.79 Å². The van der Waals surface area contributed by atoms with Gasteiger partial charge < -0.3 is 25.0 Å². The first-order valence-corrected chi connectivity index (χ1v) is 9.56. The molecule has 2 rings (SSSR count). The van der Waals surface area contributed by atoms with Gasteiger partial charge in [0.05, 0.1) is 20.8 Å². The van der Waals surface area contributed by atoms with Gasteiger partial charge in [-0.3, -0.25) is 0 Å². The minimum Gasteiger partial charge on any atom is -0.496 e. The van der Waals surface area contributed by atoms with E-state index < -0.39 is 0 Å². The third-order valence-corrected chi connectivity index (χ3v) is 4.76. The fraction of sp³-hybridized carbons (Fsp3) is 0.556. The summed E-state index contributed by atoms with van der Waals surface area (Å²) < 4.78 is 11.2. The van der Waals surface area contributed by atoms with Crippen molar-refractivity contribution in [3.8, 4) is 5.75 Å². The number of likely N-dealkylation sites (tertiary alicyclic amines) is 1. The lowest BCUT2D eigenvalue weighted by molar-refractivity contribution is 0.111. The molecule has 1 saturated heterocycles. The van der Waals surface area contributed by atoms with Crippen molar-refractivity contribution in [3.63, 3.8) is 0 Å².